The molecular formula is C12H13N3O. The number of anilines is 1. The number of carbonyl (C=O) groups excluding carboxylic acids is 1. The fourth-order valence-electron chi connectivity index (χ4n) is 1.57. The summed E-state index contributed by atoms with van der Waals surface area (Å²) in [5, 5.41) is 3.10. The molecule has 0 aliphatic carbocycles. The van der Waals surface area contributed by atoms with Gasteiger partial charge in [-0.05, 0) is 19.1 Å². The lowest BCUT2D eigenvalue weighted by Gasteiger charge is -2.23. The molecule has 4 nitrogen and oxygen atoms in total. The molecule has 0 saturated carbocycles. The van der Waals surface area contributed by atoms with Crippen molar-refractivity contribution in [3.8, 4) is 0 Å². The van der Waals surface area contributed by atoms with Crippen molar-refractivity contribution in [1.29, 1.82) is 0 Å². The average Bonchev–Trinajstić information content (AvgIpc) is 2.34. The van der Waals surface area contributed by atoms with Crippen LogP contribution in [0.3, 0.4) is 0 Å². The smallest absolute Gasteiger partial charge is 0.218 e. The predicted molar refractivity (Wildman–Crippen MR) is 64.2 cm³/mol. The lowest BCUT2D eigenvalue weighted by Crippen LogP contribution is -2.29. The highest BCUT2D eigenvalue weighted by Gasteiger charge is 2.13. The van der Waals surface area contributed by atoms with Gasteiger partial charge in [-0.15, -0.1) is 0 Å². The summed E-state index contributed by atoms with van der Waals surface area (Å²) in [6.07, 6.45) is 2.51. The third-order valence-corrected chi connectivity index (χ3v) is 2.43. The molecule has 1 aromatic rings. The van der Waals surface area contributed by atoms with Crippen molar-refractivity contribution in [1.82, 2.24) is 5.32 Å². The van der Waals surface area contributed by atoms with Gasteiger partial charge < -0.3 is 5.32 Å². The zero-order chi connectivity index (χ0) is 11.4. The number of carbonyl (C=O) groups is 1. The van der Waals surface area contributed by atoms with E-state index in [1.165, 1.54) is 0 Å². The third kappa shape index (κ3) is 1.95. The number of allylic oxidation sites excluding steroid dienone is 2. The second-order valence-corrected chi connectivity index (χ2v) is 3.47. The Morgan fingerprint density at radius 1 is 1.38 bits per heavy atom. The van der Waals surface area contributed by atoms with E-state index in [1.807, 2.05) is 37.3 Å². The molecule has 1 amide bonds. The minimum atomic E-state index is 0.566. The Morgan fingerprint density at radius 3 is 2.75 bits per heavy atom. The largest absolute Gasteiger partial charge is 0.368 e. The average molecular weight is 215 g/mol. The molecule has 1 aliphatic heterocycles. The first-order valence-electron chi connectivity index (χ1n) is 5.07. The Labute approximate surface area is 94.3 Å². The number of rotatable bonds is 3. The van der Waals surface area contributed by atoms with Gasteiger partial charge in [0.2, 0.25) is 6.41 Å². The molecule has 1 heterocycles. The summed E-state index contributed by atoms with van der Waals surface area (Å²) < 4.78 is 0. The summed E-state index contributed by atoms with van der Waals surface area (Å²) in [5.41, 5.74) is 2.57. The first-order valence-corrected chi connectivity index (χ1v) is 5.07. The van der Waals surface area contributed by atoms with Gasteiger partial charge in [0.15, 0.2) is 0 Å². The van der Waals surface area contributed by atoms with Crippen molar-refractivity contribution in [2.75, 3.05) is 11.6 Å². The molecule has 0 bridgehead atoms. The van der Waals surface area contributed by atoms with E-state index in [-0.39, 0.29) is 0 Å². The molecule has 0 saturated heterocycles. The van der Waals surface area contributed by atoms with Crippen LogP contribution in [-0.4, -0.2) is 19.3 Å². The Balaban J connectivity index is 2.37. The molecule has 0 unspecified atom stereocenters. The van der Waals surface area contributed by atoms with Gasteiger partial charge in [0.05, 0.1) is 5.70 Å². The molecule has 82 valence electrons. The van der Waals surface area contributed by atoms with Gasteiger partial charge in [-0.2, -0.15) is 0 Å². The molecule has 1 N–H and O–H groups in total. The van der Waals surface area contributed by atoms with Gasteiger partial charge in [-0.25, -0.2) is 0 Å². The quantitative estimate of drug-likeness (QED) is 0.777. The zero-order valence-corrected chi connectivity index (χ0v) is 9.05. The molecule has 4 heteroatoms. The van der Waals surface area contributed by atoms with Crippen LogP contribution >= 0.6 is 0 Å². The number of para-hydroxylation sites is 1. The van der Waals surface area contributed by atoms with Gasteiger partial charge in [-0.1, -0.05) is 18.2 Å². The van der Waals surface area contributed by atoms with E-state index in [9.17, 15) is 4.79 Å². The number of hydrogen-bond donors (Lipinski definition) is 1. The number of nitrogens with zero attached hydrogens (tertiary/aromatic N) is 2. The highest BCUT2D eigenvalue weighted by Crippen LogP contribution is 2.18. The molecule has 0 radical (unpaired) electrons. The molecule has 1 aliphatic rings. The number of amides is 1. The van der Waals surface area contributed by atoms with Gasteiger partial charge in [0.1, 0.15) is 6.67 Å². The summed E-state index contributed by atoms with van der Waals surface area (Å²) in [5.74, 6) is 0. The van der Waals surface area contributed by atoms with Crippen molar-refractivity contribution in [2.24, 2.45) is 4.99 Å². The van der Waals surface area contributed by atoms with Crippen LogP contribution < -0.4 is 10.2 Å². The lowest BCUT2D eigenvalue weighted by molar-refractivity contribution is -0.107. The fraction of sp³-hybridized carbons (Fsp3) is 0.167. The maximum absolute atomic E-state index is 11.2. The molecule has 0 spiro atoms. The summed E-state index contributed by atoms with van der Waals surface area (Å²) >= 11 is 0. The van der Waals surface area contributed by atoms with Crippen molar-refractivity contribution in [3.63, 3.8) is 0 Å². The topological polar surface area (TPSA) is 44.7 Å². The van der Waals surface area contributed by atoms with Crippen molar-refractivity contribution in [3.05, 3.63) is 41.7 Å². The maximum atomic E-state index is 11.2. The van der Waals surface area contributed by atoms with E-state index in [4.69, 9.17) is 0 Å². The Bertz CT molecular complexity index is 437. The van der Waals surface area contributed by atoms with Crippen LogP contribution in [0.2, 0.25) is 0 Å². The highest BCUT2D eigenvalue weighted by molar-refractivity contribution is 5.95. The minimum absolute atomic E-state index is 0.566. The fourth-order valence-corrected chi connectivity index (χ4v) is 1.57. The van der Waals surface area contributed by atoms with Gasteiger partial charge in [0, 0.05) is 17.6 Å². The van der Waals surface area contributed by atoms with Crippen LogP contribution in [0, 0.1) is 0 Å². The van der Waals surface area contributed by atoms with Crippen molar-refractivity contribution >= 4 is 18.3 Å². The number of benzene rings is 1. The number of aliphatic imine (C=N–C) groups is 1. The lowest BCUT2D eigenvalue weighted by atomic mass is 10.2. The van der Waals surface area contributed by atoms with Crippen LogP contribution in [0.1, 0.15) is 6.92 Å². The summed E-state index contributed by atoms with van der Waals surface area (Å²) in [6.45, 7) is 2.50. The van der Waals surface area contributed by atoms with E-state index in [0.29, 0.717) is 6.67 Å². The summed E-state index contributed by atoms with van der Waals surface area (Å²) in [6, 6.07) is 9.49. The van der Waals surface area contributed by atoms with Crippen LogP contribution in [0.25, 0.3) is 0 Å². The van der Waals surface area contributed by atoms with E-state index < -0.39 is 0 Å². The van der Waals surface area contributed by atoms with Crippen LogP contribution in [-0.2, 0) is 4.79 Å². The Kier molecular flexibility index (Phi) is 3.00. The van der Waals surface area contributed by atoms with Gasteiger partial charge in [-0.3, -0.25) is 14.7 Å². The predicted octanol–water partition coefficient (Wildman–Crippen LogP) is 1.51. The minimum Gasteiger partial charge on any atom is -0.368 e. The molecule has 0 atom stereocenters. The van der Waals surface area contributed by atoms with E-state index >= 15 is 0 Å². The molecule has 2 rings (SSSR count). The monoisotopic (exact) mass is 215 g/mol. The van der Waals surface area contributed by atoms with Crippen molar-refractivity contribution < 1.29 is 4.79 Å². The van der Waals surface area contributed by atoms with Gasteiger partial charge in [0.25, 0.3) is 0 Å². The van der Waals surface area contributed by atoms with Crippen LogP contribution in [0.5, 0.6) is 0 Å². The Hall–Kier alpha value is -2.10. The molecular weight excluding hydrogens is 202 g/mol. The first kappa shape index (κ1) is 10.4. The third-order valence-electron chi connectivity index (χ3n) is 2.43. The van der Waals surface area contributed by atoms with Crippen LogP contribution in [0.4, 0.5) is 5.69 Å². The van der Waals surface area contributed by atoms with E-state index in [2.05, 4.69) is 10.3 Å². The van der Waals surface area contributed by atoms with Crippen LogP contribution in [0.15, 0.2) is 46.7 Å². The normalized spacial score (nSPS) is 14.6. The number of nitrogens with one attached hydrogen (secondary N) is 1. The standard InChI is InChI=1S/C12H13N3O/c1-10-12(7-13-8-14-10)15(9-16)11-5-3-2-4-6-11/h2-7,9,14H,8H2,1H3. The van der Waals surface area contributed by atoms with E-state index in [0.717, 1.165) is 23.5 Å². The second-order valence-electron chi connectivity index (χ2n) is 3.47. The molecule has 1 aromatic carbocycles. The molecule has 0 fully saturated rings. The molecule has 0 aromatic heterocycles. The SMILES string of the molecule is CC1=C(N(C=O)c2ccccc2)C=NCN1. The number of hydrogen-bond acceptors (Lipinski definition) is 3. The summed E-state index contributed by atoms with van der Waals surface area (Å²) in [7, 11) is 0. The maximum Gasteiger partial charge on any atom is 0.218 e. The molecule has 16 heavy (non-hydrogen) atoms. The highest BCUT2D eigenvalue weighted by atomic mass is 16.1. The summed E-state index contributed by atoms with van der Waals surface area (Å²) in [4.78, 5) is 16.8. The van der Waals surface area contributed by atoms with Gasteiger partial charge >= 0.3 is 0 Å². The Morgan fingerprint density at radius 2 is 2.12 bits per heavy atom. The van der Waals surface area contributed by atoms with Crippen molar-refractivity contribution in [2.45, 2.75) is 6.92 Å². The second kappa shape index (κ2) is 4.61. The van der Waals surface area contributed by atoms with E-state index in [1.54, 1.807) is 11.1 Å². The zero-order valence-electron chi connectivity index (χ0n) is 9.05. The first-order chi connectivity index (χ1) is 7.83.